The maximum absolute atomic E-state index is 13.3. The van der Waals surface area contributed by atoms with Gasteiger partial charge in [-0.15, -0.1) is 11.3 Å². The third kappa shape index (κ3) is 4.92. The molecule has 4 rings (SSSR count). The van der Waals surface area contributed by atoms with E-state index in [1.165, 1.54) is 36.3 Å². The normalized spacial score (nSPS) is 13.2. The van der Waals surface area contributed by atoms with Gasteiger partial charge in [-0.3, -0.25) is 4.79 Å². The first kappa shape index (κ1) is 19.4. The van der Waals surface area contributed by atoms with Gasteiger partial charge in [0.05, 0.1) is 7.11 Å². The van der Waals surface area contributed by atoms with E-state index in [-0.39, 0.29) is 18.3 Å². The predicted molar refractivity (Wildman–Crippen MR) is 110 cm³/mol. The van der Waals surface area contributed by atoms with Crippen LogP contribution in [0.25, 0.3) is 10.6 Å². The minimum Gasteiger partial charge on any atom is -0.493 e. The minimum absolute atomic E-state index is 0.138. The van der Waals surface area contributed by atoms with E-state index in [9.17, 15) is 9.18 Å². The van der Waals surface area contributed by atoms with Gasteiger partial charge in [-0.05, 0) is 54.7 Å². The standard InChI is InChI=1S/C22H21FN2O3S/c1-27-20-10-16(7-8-19(20)28-12-15-3-2-4-17(23)9-15)22-25-18(13-29-22)21(26)24-11-14-5-6-14/h2-4,7-10,13-14H,5-6,11-12H2,1H3,(H,24,26). The maximum Gasteiger partial charge on any atom is 0.270 e. The van der Waals surface area contributed by atoms with E-state index in [1.54, 1.807) is 30.7 Å². The van der Waals surface area contributed by atoms with Gasteiger partial charge in [-0.25, -0.2) is 9.37 Å². The summed E-state index contributed by atoms with van der Waals surface area (Å²) in [7, 11) is 1.56. The Morgan fingerprint density at radius 1 is 1.24 bits per heavy atom. The molecule has 150 valence electrons. The van der Waals surface area contributed by atoms with Crippen LogP contribution in [0.2, 0.25) is 0 Å². The summed E-state index contributed by atoms with van der Waals surface area (Å²) in [5.41, 5.74) is 2.00. The maximum atomic E-state index is 13.3. The highest BCUT2D eigenvalue weighted by Gasteiger charge is 2.22. The van der Waals surface area contributed by atoms with Crippen LogP contribution in [-0.2, 0) is 6.61 Å². The van der Waals surface area contributed by atoms with E-state index < -0.39 is 0 Å². The lowest BCUT2D eigenvalue weighted by Gasteiger charge is -2.12. The van der Waals surface area contributed by atoms with Crippen LogP contribution >= 0.6 is 11.3 Å². The number of hydrogen-bond donors (Lipinski definition) is 1. The van der Waals surface area contributed by atoms with Crippen LogP contribution in [0, 0.1) is 11.7 Å². The van der Waals surface area contributed by atoms with Crippen molar-refractivity contribution in [2.45, 2.75) is 19.4 Å². The van der Waals surface area contributed by atoms with Gasteiger partial charge in [-0.2, -0.15) is 0 Å². The molecule has 0 unspecified atom stereocenters. The summed E-state index contributed by atoms with van der Waals surface area (Å²) in [4.78, 5) is 16.7. The van der Waals surface area contributed by atoms with Crippen molar-refractivity contribution >= 4 is 17.2 Å². The molecular formula is C22H21FN2O3S. The van der Waals surface area contributed by atoms with Crippen molar-refractivity contribution in [1.29, 1.82) is 0 Å². The zero-order chi connectivity index (χ0) is 20.2. The molecule has 0 atom stereocenters. The first-order chi connectivity index (χ1) is 14.1. The number of hydrogen-bond acceptors (Lipinski definition) is 5. The molecule has 1 aliphatic carbocycles. The summed E-state index contributed by atoms with van der Waals surface area (Å²) in [5.74, 6) is 1.30. The molecule has 5 nitrogen and oxygen atoms in total. The van der Waals surface area contributed by atoms with Gasteiger partial charge >= 0.3 is 0 Å². The Bertz CT molecular complexity index is 1020. The number of rotatable bonds is 8. The predicted octanol–water partition coefficient (Wildman–Crippen LogP) is 4.68. The first-order valence-corrected chi connectivity index (χ1v) is 10.3. The second-order valence-corrected chi connectivity index (χ2v) is 7.83. The fourth-order valence-electron chi connectivity index (χ4n) is 2.87. The smallest absolute Gasteiger partial charge is 0.270 e. The number of carbonyl (C=O) groups is 1. The largest absolute Gasteiger partial charge is 0.493 e. The SMILES string of the molecule is COc1cc(-c2nc(C(=O)NCC3CC3)cs2)ccc1OCc1cccc(F)c1. The number of halogens is 1. The molecule has 1 heterocycles. The molecule has 2 aromatic carbocycles. The molecule has 1 saturated carbocycles. The molecule has 1 N–H and O–H groups in total. The molecule has 0 aliphatic heterocycles. The lowest BCUT2D eigenvalue weighted by Crippen LogP contribution is -2.25. The lowest BCUT2D eigenvalue weighted by molar-refractivity contribution is 0.0947. The van der Waals surface area contributed by atoms with E-state index in [2.05, 4.69) is 10.3 Å². The Balaban J connectivity index is 1.45. The number of carbonyl (C=O) groups excluding carboxylic acids is 1. The van der Waals surface area contributed by atoms with Crippen LogP contribution in [0.4, 0.5) is 4.39 Å². The lowest BCUT2D eigenvalue weighted by atomic mass is 10.2. The molecule has 29 heavy (non-hydrogen) atoms. The van der Waals surface area contributed by atoms with Crippen molar-refractivity contribution in [2.75, 3.05) is 13.7 Å². The number of nitrogens with one attached hydrogen (secondary N) is 1. The molecule has 0 saturated heterocycles. The van der Waals surface area contributed by atoms with Crippen LogP contribution in [0.1, 0.15) is 28.9 Å². The van der Waals surface area contributed by atoms with E-state index in [0.29, 0.717) is 23.1 Å². The minimum atomic E-state index is -0.297. The summed E-state index contributed by atoms with van der Waals surface area (Å²) >= 11 is 1.41. The summed E-state index contributed by atoms with van der Waals surface area (Å²) in [6, 6.07) is 11.8. The zero-order valence-electron chi connectivity index (χ0n) is 16.0. The van der Waals surface area contributed by atoms with Crippen molar-refractivity contribution < 1.29 is 18.7 Å². The van der Waals surface area contributed by atoms with Gasteiger partial charge in [0, 0.05) is 17.5 Å². The number of aromatic nitrogens is 1. The highest BCUT2D eigenvalue weighted by molar-refractivity contribution is 7.13. The van der Waals surface area contributed by atoms with Crippen LogP contribution < -0.4 is 14.8 Å². The highest BCUT2D eigenvalue weighted by Crippen LogP contribution is 2.34. The van der Waals surface area contributed by atoms with Crippen molar-refractivity contribution in [2.24, 2.45) is 5.92 Å². The first-order valence-electron chi connectivity index (χ1n) is 9.42. The molecular weight excluding hydrogens is 391 g/mol. The Morgan fingerprint density at radius 3 is 2.86 bits per heavy atom. The summed E-state index contributed by atoms with van der Waals surface area (Å²) in [6.45, 7) is 0.951. The molecule has 3 aromatic rings. The summed E-state index contributed by atoms with van der Waals surface area (Å²) < 4.78 is 24.5. The van der Waals surface area contributed by atoms with Gasteiger partial charge < -0.3 is 14.8 Å². The molecule has 1 aliphatic rings. The van der Waals surface area contributed by atoms with Crippen LogP contribution in [0.3, 0.4) is 0 Å². The molecule has 1 amide bonds. The van der Waals surface area contributed by atoms with E-state index in [4.69, 9.17) is 9.47 Å². The Labute approximate surface area is 172 Å². The summed E-state index contributed by atoms with van der Waals surface area (Å²) in [6.07, 6.45) is 2.38. The molecule has 7 heteroatoms. The average molecular weight is 412 g/mol. The number of ether oxygens (including phenoxy) is 2. The van der Waals surface area contributed by atoms with Gasteiger partial charge in [0.1, 0.15) is 23.1 Å². The molecule has 0 bridgehead atoms. The average Bonchev–Trinajstić information content (AvgIpc) is 3.44. The quantitative estimate of drug-likeness (QED) is 0.584. The van der Waals surface area contributed by atoms with Crippen molar-refractivity contribution in [3.05, 3.63) is 64.9 Å². The number of benzene rings is 2. The van der Waals surface area contributed by atoms with E-state index >= 15 is 0 Å². The van der Waals surface area contributed by atoms with E-state index in [1.807, 2.05) is 12.1 Å². The highest BCUT2D eigenvalue weighted by atomic mass is 32.1. The zero-order valence-corrected chi connectivity index (χ0v) is 16.8. The number of thiazole rings is 1. The fourth-order valence-corrected chi connectivity index (χ4v) is 3.66. The van der Waals surface area contributed by atoms with Crippen molar-refractivity contribution in [1.82, 2.24) is 10.3 Å². The number of amides is 1. The molecule has 0 radical (unpaired) electrons. The van der Waals surface area contributed by atoms with Crippen LogP contribution in [0.5, 0.6) is 11.5 Å². The number of nitrogens with zero attached hydrogens (tertiary/aromatic N) is 1. The number of methoxy groups -OCH3 is 1. The van der Waals surface area contributed by atoms with Gasteiger partial charge in [-0.1, -0.05) is 12.1 Å². The molecule has 0 spiro atoms. The summed E-state index contributed by atoms with van der Waals surface area (Å²) in [5, 5.41) is 5.42. The molecule has 1 aromatic heterocycles. The second-order valence-electron chi connectivity index (χ2n) is 6.98. The van der Waals surface area contributed by atoms with Crippen molar-refractivity contribution in [3.8, 4) is 22.1 Å². The van der Waals surface area contributed by atoms with Crippen LogP contribution in [0.15, 0.2) is 47.8 Å². The Kier molecular flexibility index (Phi) is 5.76. The topological polar surface area (TPSA) is 60.5 Å². The fraction of sp³-hybridized carbons (Fsp3) is 0.273. The third-order valence-electron chi connectivity index (χ3n) is 4.68. The second kappa shape index (κ2) is 8.61. The third-order valence-corrected chi connectivity index (χ3v) is 5.57. The Hall–Kier alpha value is -2.93. The monoisotopic (exact) mass is 412 g/mol. The van der Waals surface area contributed by atoms with E-state index in [0.717, 1.165) is 22.7 Å². The molecule has 1 fully saturated rings. The van der Waals surface area contributed by atoms with Crippen LogP contribution in [-0.4, -0.2) is 24.5 Å². The van der Waals surface area contributed by atoms with Gasteiger partial charge in [0.25, 0.3) is 5.91 Å². The van der Waals surface area contributed by atoms with Crippen molar-refractivity contribution in [3.63, 3.8) is 0 Å². The van der Waals surface area contributed by atoms with Gasteiger partial charge in [0.2, 0.25) is 0 Å². The van der Waals surface area contributed by atoms with Gasteiger partial charge in [0.15, 0.2) is 11.5 Å². The Morgan fingerprint density at radius 2 is 2.10 bits per heavy atom.